The summed E-state index contributed by atoms with van der Waals surface area (Å²) in [7, 11) is 0. The number of hydrogen-bond acceptors (Lipinski definition) is 3. The molecular weight excluding hydrogens is 188 g/mol. The van der Waals surface area contributed by atoms with Gasteiger partial charge in [0.25, 0.3) is 0 Å². The third-order valence-electron chi connectivity index (χ3n) is 2.52. The molecule has 15 heavy (non-hydrogen) atoms. The van der Waals surface area contributed by atoms with E-state index in [1.54, 1.807) is 6.20 Å². The number of rotatable bonds is 1. The van der Waals surface area contributed by atoms with Gasteiger partial charge in [-0.3, -0.25) is 9.97 Å². The minimum absolute atomic E-state index is 0.0432. The predicted octanol–water partition coefficient (Wildman–Crippen LogP) is 2.78. The highest BCUT2D eigenvalue weighted by molar-refractivity contribution is 5.87. The smallest absolute Gasteiger partial charge is 0.118 e. The number of aliphatic hydroxyl groups excluding tert-OH is 1. The fourth-order valence-corrected chi connectivity index (χ4v) is 1.66. The second-order valence-corrected chi connectivity index (χ2v) is 3.52. The Morgan fingerprint density at radius 2 is 2.13 bits per heavy atom. The van der Waals surface area contributed by atoms with Crippen LogP contribution in [0.25, 0.3) is 16.8 Å². The lowest BCUT2D eigenvalue weighted by atomic mass is 10.0. The van der Waals surface area contributed by atoms with Crippen LogP contribution in [0.5, 0.6) is 0 Å². The average Bonchev–Trinajstić information content (AvgIpc) is 2.19. The monoisotopic (exact) mass is 200 g/mol. The molecule has 0 aliphatic carbocycles. The number of aryl methyl sites for hydroxylation is 1. The van der Waals surface area contributed by atoms with Crippen molar-refractivity contribution in [3.63, 3.8) is 0 Å². The van der Waals surface area contributed by atoms with Gasteiger partial charge in [-0.05, 0) is 31.5 Å². The van der Waals surface area contributed by atoms with Crippen LogP contribution in [0.15, 0.2) is 24.9 Å². The highest BCUT2D eigenvalue weighted by atomic mass is 16.3. The summed E-state index contributed by atoms with van der Waals surface area (Å²) < 4.78 is 0. The van der Waals surface area contributed by atoms with E-state index in [1.807, 2.05) is 26.0 Å². The van der Waals surface area contributed by atoms with E-state index in [9.17, 15) is 5.11 Å². The Labute approximate surface area is 88.1 Å². The van der Waals surface area contributed by atoms with E-state index in [0.29, 0.717) is 11.1 Å². The second kappa shape index (κ2) is 3.35. The number of hydrogen-bond donors (Lipinski definition) is 1. The molecule has 0 atom stereocenters. The summed E-state index contributed by atoms with van der Waals surface area (Å²) in [6.45, 7) is 7.39. The maximum Gasteiger partial charge on any atom is 0.118 e. The Kier molecular flexibility index (Phi) is 2.15. The van der Waals surface area contributed by atoms with Gasteiger partial charge in [0.05, 0.1) is 11.0 Å². The van der Waals surface area contributed by atoms with Gasteiger partial charge < -0.3 is 5.11 Å². The van der Waals surface area contributed by atoms with Crippen LogP contribution in [-0.2, 0) is 0 Å². The first-order chi connectivity index (χ1) is 7.11. The molecule has 0 radical (unpaired) electrons. The first-order valence-electron chi connectivity index (χ1n) is 4.71. The third-order valence-corrected chi connectivity index (χ3v) is 2.52. The largest absolute Gasteiger partial charge is 0.508 e. The predicted molar refractivity (Wildman–Crippen MR) is 60.7 cm³/mol. The van der Waals surface area contributed by atoms with Crippen LogP contribution in [0.4, 0.5) is 0 Å². The lowest BCUT2D eigenvalue weighted by Crippen LogP contribution is -1.98. The van der Waals surface area contributed by atoms with Crippen LogP contribution in [0, 0.1) is 13.8 Å². The van der Waals surface area contributed by atoms with Crippen LogP contribution >= 0.6 is 0 Å². The third kappa shape index (κ3) is 1.46. The van der Waals surface area contributed by atoms with Crippen molar-refractivity contribution in [1.29, 1.82) is 0 Å². The maximum atomic E-state index is 9.56. The fourth-order valence-electron chi connectivity index (χ4n) is 1.66. The second-order valence-electron chi connectivity index (χ2n) is 3.52. The highest BCUT2D eigenvalue weighted by Gasteiger charge is 2.11. The summed E-state index contributed by atoms with van der Waals surface area (Å²) in [5.41, 5.74) is 3.99. The van der Waals surface area contributed by atoms with Gasteiger partial charge >= 0.3 is 0 Å². The highest BCUT2D eigenvalue weighted by Crippen LogP contribution is 2.24. The summed E-state index contributed by atoms with van der Waals surface area (Å²) >= 11 is 0. The van der Waals surface area contributed by atoms with E-state index in [-0.39, 0.29) is 5.76 Å². The summed E-state index contributed by atoms with van der Waals surface area (Å²) in [5, 5.41) is 9.56. The van der Waals surface area contributed by atoms with Gasteiger partial charge in [0.15, 0.2) is 0 Å². The van der Waals surface area contributed by atoms with E-state index < -0.39 is 0 Å². The molecule has 3 nitrogen and oxygen atoms in total. The molecule has 0 saturated carbocycles. The Morgan fingerprint density at radius 3 is 2.80 bits per heavy atom. The quantitative estimate of drug-likeness (QED) is 0.720. The van der Waals surface area contributed by atoms with Gasteiger partial charge in [-0.25, -0.2) is 0 Å². The molecule has 0 saturated heterocycles. The molecule has 2 aromatic rings. The molecular formula is C12H12N2O. The lowest BCUT2D eigenvalue weighted by molar-refractivity contribution is 0.514. The van der Waals surface area contributed by atoms with E-state index in [0.717, 1.165) is 16.8 Å². The number of fused-ring (bicyclic) bond motifs is 1. The van der Waals surface area contributed by atoms with E-state index >= 15 is 0 Å². The van der Waals surface area contributed by atoms with Crippen LogP contribution < -0.4 is 0 Å². The molecule has 1 N–H and O–H groups in total. The van der Waals surface area contributed by atoms with Gasteiger partial charge in [0.1, 0.15) is 5.76 Å². The summed E-state index contributed by atoms with van der Waals surface area (Å²) in [6, 6.07) is 3.70. The first kappa shape index (κ1) is 9.65. The molecule has 2 rings (SSSR count). The van der Waals surface area contributed by atoms with Crippen LogP contribution in [0.2, 0.25) is 0 Å². The molecule has 0 unspecified atom stereocenters. The minimum atomic E-state index is 0.0432. The topological polar surface area (TPSA) is 46.0 Å². The van der Waals surface area contributed by atoms with Crippen molar-refractivity contribution in [3.05, 3.63) is 41.7 Å². The zero-order valence-electron chi connectivity index (χ0n) is 8.78. The number of aromatic nitrogens is 2. The van der Waals surface area contributed by atoms with Crippen molar-refractivity contribution in [2.24, 2.45) is 0 Å². The van der Waals surface area contributed by atoms with E-state index in [1.165, 1.54) is 0 Å². The molecule has 2 aromatic heterocycles. The molecule has 0 aliphatic heterocycles. The zero-order chi connectivity index (χ0) is 11.0. The lowest BCUT2D eigenvalue weighted by Gasteiger charge is -2.09. The van der Waals surface area contributed by atoms with Gasteiger partial charge in [-0.15, -0.1) is 0 Å². The molecule has 0 aromatic carbocycles. The van der Waals surface area contributed by atoms with E-state index in [2.05, 4.69) is 16.5 Å². The summed E-state index contributed by atoms with van der Waals surface area (Å²) in [5.74, 6) is 0.0432. The molecule has 3 heteroatoms. The van der Waals surface area contributed by atoms with Crippen LogP contribution in [-0.4, -0.2) is 15.1 Å². The molecule has 76 valence electrons. The van der Waals surface area contributed by atoms with Crippen LogP contribution in [0.1, 0.15) is 16.8 Å². The maximum absolute atomic E-state index is 9.56. The van der Waals surface area contributed by atoms with Gasteiger partial charge in [-0.2, -0.15) is 0 Å². The van der Waals surface area contributed by atoms with Crippen molar-refractivity contribution >= 4 is 16.8 Å². The van der Waals surface area contributed by atoms with Crippen molar-refractivity contribution in [1.82, 2.24) is 9.97 Å². The van der Waals surface area contributed by atoms with Gasteiger partial charge in [0.2, 0.25) is 0 Å². The molecule has 2 heterocycles. The zero-order valence-corrected chi connectivity index (χ0v) is 8.78. The Bertz CT molecular complexity index is 547. The molecule has 0 bridgehead atoms. The SMILES string of the molecule is C=C(O)c1c(C)c(C)nc2cccnc12. The van der Waals surface area contributed by atoms with Gasteiger partial charge in [0, 0.05) is 17.5 Å². The molecule has 0 amide bonds. The molecule has 0 fully saturated rings. The number of aliphatic hydroxyl groups is 1. The van der Waals surface area contributed by atoms with Crippen molar-refractivity contribution < 1.29 is 5.11 Å². The summed E-state index contributed by atoms with van der Waals surface area (Å²) in [6.07, 6.45) is 1.69. The summed E-state index contributed by atoms with van der Waals surface area (Å²) in [4.78, 5) is 8.62. The average molecular weight is 200 g/mol. The standard InChI is InChI=1S/C12H12N2O/c1-7-8(2)14-10-5-4-6-13-12(10)11(7)9(3)15/h4-6,15H,3H2,1-2H3. The van der Waals surface area contributed by atoms with Gasteiger partial charge in [-0.1, -0.05) is 6.58 Å². The Morgan fingerprint density at radius 1 is 1.40 bits per heavy atom. The Balaban J connectivity index is 2.95. The fraction of sp³-hybridized carbons (Fsp3) is 0.167. The molecule has 0 aliphatic rings. The normalized spacial score (nSPS) is 10.5. The van der Waals surface area contributed by atoms with Crippen molar-refractivity contribution in [3.8, 4) is 0 Å². The van der Waals surface area contributed by atoms with E-state index in [4.69, 9.17) is 0 Å². The molecule has 0 spiro atoms. The van der Waals surface area contributed by atoms with Crippen LogP contribution in [0.3, 0.4) is 0 Å². The van der Waals surface area contributed by atoms with Crippen molar-refractivity contribution in [2.45, 2.75) is 13.8 Å². The van der Waals surface area contributed by atoms with Crippen molar-refractivity contribution in [2.75, 3.05) is 0 Å². The minimum Gasteiger partial charge on any atom is -0.508 e. The number of nitrogens with zero attached hydrogens (tertiary/aromatic N) is 2. The first-order valence-corrected chi connectivity index (χ1v) is 4.71. The number of pyridine rings is 2. The Hall–Kier alpha value is -1.90.